The second-order valence-electron chi connectivity index (χ2n) is 3.61. The maximum atomic E-state index is 5.70. The lowest BCUT2D eigenvalue weighted by Crippen LogP contribution is -2.09. The lowest BCUT2D eigenvalue weighted by molar-refractivity contribution is 0.211. The molecule has 4 heteroatoms. The zero-order valence-electron chi connectivity index (χ0n) is 9.88. The van der Waals surface area contributed by atoms with Crippen molar-refractivity contribution in [1.82, 2.24) is 4.98 Å². The molecule has 0 aliphatic rings. The van der Waals surface area contributed by atoms with E-state index in [0.717, 1.165) is 11.4 Å². The van der Waals surface area contributed by atoms with Crippen molar-refractivity contribution in [3.63, 3.8) is 0 Å². The molecule has 2 aromatic rings. The average molecular weight is 264 g/mol. The van der Waals surface area contributed by atoms with Gasteiger partial charge in [-0.3, -0.25) is 0 Å². The van der Waals surface area contributed by atoms with E-state index in [4.69, 9.17) is 21.1 Å². The van der Waals surface area contributed by atoms with E-state index in [2.05, 4.69) is 4.98 Å². The Morgan fingerprint density at radius 3 is 2.44 bits per heavy atom. The molecule has 0 aliphatic heterocycles. The molecule has 18 heavy (non-hydrogen) atoms. The predicted octanol–water partition coefficient (Wildman–Crippen LogP) is 3.28. The van der Waals surface area contributed by atoms with Gasteiger partial charge in [0.1, 0.15) is 19.0 Å². The van der Waals surface area contributed by atoms with Gasteiger partial charge in [0.15, 0.2) is 0 Å². The van der Waals surface area contributed by atoms with E-state index in [0.29, 0.717) is 25.0 Å². The molecule has 0 bridgehead atoms. The Bertz CT molecular complexity index is 476. The summed E-state index contributed by atoms with van der Waals surface area (Å²) in [5.41, 5.74) is 0.804. The molecule has 0 atom stereocenters. The molecule has 0 saturated carbocycles. The van der Waals surface area contributed by atoms with Crippen LogP contribution in [0.5, 0.6) is 11.6 Å². The predicted molar refractivity (Wildman–Crippen MR) is 71.2 cm³/mol. The molecule has 3 nitrogen and oxygen atoms in total. The summed E-state index contributed by atoms with van der Waals surface area (Å²) in [6.45, 7) is 0.935. The Labute approximate surface area is 111 Å². The Kier molecular flexibility index (Phi) is 4.85. The van der Waals surface area contributed by atoms with Crippen LogP contribution in [0.2, 0.25) is 0 Å². The van der Waals surface area contributed by atoms with Crippen molar-refractivity contribution in [3.8, 4) is 11.6 Å². The molecule has 1 aromatic heterocycles. The van der Waals surface area contributed by atoms with E-state index < -0.39 is 0 Å². The van der Waals surface area contributed by atoms with Gasteiger partial charge in [0.05, 0.1) is 11.6 Å². The van der Waals surface area contributed by atoms with Gasteiger partial charge in [-0.1, -0.05) is 24.3 Å². The van der Waals surface area contributed by atoms with Gasteiger partial charge in [-0.25, -0.2) is 4.98 Å². The van der Waals surface area contributed by atoms with Crippen LogP contribution >= 0.6 is 11.6 Å². The van der Waals surface area contributed by atoms with Crippen LogP contribution in [0, 0.1) is 0 Å². The molecule has 0 saturated heterocycles. The van der Waals surface area contributed by atoms with Gasteiger partial charge in [0, 0.05) is 6.07 Å². The van der Waals surface area contributed by atoms with Gasteiger partial charge < -0.3 is 9.47 Å². The first-order valence-electron chi connectivity index (χ1n) is 5.71. The zero-order chi connectivity index (χ0) is 12.6. The highest BCUT2D eigenvalue weighted by atomic mass is 35.5. The van der Waals surface area contributed by atoms with Crippen molar-refractivity contribution in [1.29, 1.82) is 0 Å². The fourth-order valence-corrected chi connectivity index (χ4v) is 1.58. The first-order chi connectivity index (χ1) is 8.88. The first-order valence-corrected chi connectivity index (χ1v) is 6.24. The fourth-order valence-electron chi connectivity index (χ4n) is 1.43. The maximum Gasteiger partial charge on any atom is 0.213 e. The molecule has 0 aliphatic carbocycles. The van der Waals surface area contributed by atoms with Crippen molar-refractivity contribution in [2.24, 2.45) is 0 Å². The van der Waals surface area contributed by atoms with Gasteiger partial charge in [0.2, 0.25) is 5.88 Å². The number of nitrogens with zero attached hydrogens (tertiary/aromatic N) is 1. The molecule has 0 amide bonds. The number of benzene rings is 1. The molecule has 1 heterocycles. The number of aromatic nitrogens is 1. The van der Waals surface area contributed by atoms with Crippen LogP contribution in [0.15, 0.2) is 48.5 Å². The number of pyridine rings is 1. The number of rotatable bonds is 6. The lowest BCUT2D eigenvalue weighted by atomic mass is 10.3. The van der Waals surface area contributed by atoms with Crippen LogP contribution < -0.4 is 9.47 Å². The Hall–Kier alpha value is -1.74. The number of ether oxygens (including phenoxy) is 2. The van der Waals surface area contributed by atoms with Crippen molar-refractivity contribution < 1.29 is 9.47 Å². The highest BCUT2D eigenvalue weighted by Crippen LogP contribution is 2.10. The van der Waals surface area contributed by atoms with Crippen LogP contribution in [-0.2, 0) is 5.88 Å². The second kappa shape index (κ2) is 6.87. The summed E-state index contributed by atoms with van der Waals surface area (Å²) in [4.78, 5) is 4.23. The summed E-state index contributed by atoms with van der Waals surface area (Å²) in [5, 5.41) is 0. The van der Waals surface area contributed by atoms with E-state index in [-0.39, 0.29) is 0 Å². The van der Waals surface area contributed by atoms with Gasteiger partial charge >= 0.3 is 0 Å². The molecule has 1 aromatic carbocycles. The number of hydrogen-bond donors (Lipinski definition) is 0. The van der Waals surface area contributed by atoms with Crippen LogP contribution in [0.3, 0.4) is 0 Å². The van der Waals surface area contributed by atoms with Gasteiger partial charge in [-0.05, 0) is 18.2 Å². The summed E-state index contributed by atoms with van der Waals surface area (Å²) in [6, 6.07) is 15.2. The third-order valence-electron chi connectivity index (χ3n) is 2.26. The summed E-state index contributed by atoms with van der Waals surface area (Å²) in [6.07, 6.45) is 0. The lowest BCUT2D eigenvalue weighted by Gasteiger charge is -2.08. The summed E-state index contributed by atoms with van der Waals surface area (Å²) >= 11 is 5.70. The van der Waals surface area contributed by atoms with Gasteiger partial charge in [-0.2, -0.15) is 0 Å². The smallest absolute Gasteiger partial charge is 0.213 e. The van der Waals surface area contributed by atoms with E-state index in [1.807, 2.05) is 42.5 Å². The zero-order valence-corrected chi connectivity index (χ0v) is 10.6. The number of alkyl halides is 1. The quantitative estimate of drug-likeness (QED) is 0.592. The molecule has 0 spiro atoms. The molecule has 0 unspecified atom stereocenters. The number of halogens is 1. The standard InChI is InChI=1S/C14H14ClNO2/c15-11-12-5-4-8-14(16-12)18-10-9-17-13-6-2-1-3-7-13/h1-8H,9-11H2. The van der Waals surface area contributed by atoms with Crippen molar-refractivity contribution >= 4 is 11.6 Å². The molecular formula is C14H14ClNO2. The highest BCUT2D eigenvalue weighted by molar-refractivity contribution is 6.16. The average Bonchev–Trinajstić information content (AvgIpc) is 2.45. The van der Waals surface area contributed by atoms with Crippen LogP contribution in [0.1, 0.15) is 5.69 Å². The van der Waals surface area contributed by atoms with Gasteiger partial charge in [0.25, 0.3) is 0 Å². The monoisotopic (exact) mass is 263 g/mol. The minimum Gasteiger partial charge on any atom is -0.490 e. The normalized spacial score (nSPS) is 10.1. The van der Waals surface area contributed by atoms with Crippen LogP contribution in [0.4, 0.5) is 0 Å². The van der Waals surface area contributed by atoms with E-state index in [1.165, 1.54) is 0 Å². The largest absolute Gasteiger partial charge is 0.490 e. The molecule has 94 valence electrons. The maximum absolute atomic E-state index is 5.70. The Morgan fingerprint density at radius 1 is 0.889 bits per heavy atom. The van der Waals surface area contributed by atoms with E-state index in [9.17, 15) is 0 Å². The SMILES string of the molecule is ClCc1cccc(OCCOc2ccccc2)n1. The molecular weight excluding hydrogens is 250 g/mol. The van der Waals surface area contributed by atoms with Crippen molar-refractivity contribution in [2.75, 3.05) is 13.2 Å². The molecule has 0 radical (unpaired) electrons. The van der Waals surface area contributed by atoms with Crippen molar-refractivity contribution in [2.45, 2.75) is 5.88 Å². The highest BCUT2D eigenvalue weighted by Gasteiger charge is 1.98. The summed E-state index contributed by atoms with van der Waals surface area (Å²) in [5.74, 6) is 1.80. The molecule has 0 N–H and O–H groups in total. The third kappa shape index (κ3) is 3.93. The van der Waals surface area contributed by atoms with Crippen LogP contribution in [0.25, 0.3) is 0 Å². The first kappa shape index (κ1) is 12.7. The van der Waals surface area contributed by atoms with E-state index in [1.54, 1.807) is 6.07 Å². The minimum absolute atomic E-state index is 0.387. The third-order valence-corrected chi connectivity index (χ3v) is 2.54. The topological polar surface area (TPSA) is 31.4 Å². The van der Waals surface area contributed by atoms with Gasteiger partial charge in [-0.15, -0.1) is 11.6 Å². The molecule has 0 fully saturated rings. The Balaban J connectivity index is 1.75. The number of para-hydroxylation sites is 1. The summed E-state index contributed by atoms with van der Waals surface area (Å²) in [7, 11) is 0. The van der Waals surface area contributed by atoms with E-state index >= 15 is 0 Å². The Morgan fingerprint density at radius 2 is 1.67 bits per heavy atom. The fraction of sp³-hybridized carbons (Fsp3) is 0.214. The number of hydrogen-bond acceptors (Lipinski definition) is 3. The minimum atomic E-state index is 0.387. The summed E-state index contributed by atoms with van der Waals surface area (Å²) < 4.78 is 11.0. The second-order valence-corrected chi connectivity index (χ2v) is 3.88. The van der Waals surface area contributed by atoms with Crippen LogP contribution in [-0.4, -0.2) is 18.2 Å². The molecule has 2 rings (SSSR count). The van der Waals surface area contributed by atoms with Crippen molar-refractivity contribution in [3.05, 3.63) is 54.2 Å².